The van der Waals surface area contributed by atoms with Crippen LogP contribution >= 0.6 is 0 Å². The summed E-state index contributed by atoms with van der Waals surface area (Å²) in [6.07, 6.45) is -0.147. The molecular weight excluding hydrogens is 378 g/mol. The zero-order valence-electron chi connectivity index (χ0n) is 16.6. The lowest BCUT2D eigenvalue weighted by Gasteiger charge is -2.46. The summed E-state index contributed by atoms with van der Waals surface area (Å²) in [6, 6.07) is 9.59. The molecule has 4 rings (SSSR count). The van der Waals surface area contributed by atoms with Gasteiger partial charge in [0.2, 0.25) is 0 Å². The number of hydrogen-bond acceptors (Lipinski definition) is 7. The minimum Gasteiger partial charge on any atom is -0.438 e. The maximum atomic E-state index is 12.4. The number of amides is 1. The number of methoxy groups -OCH3 is 1. The Balaban J connectivity index is 1.41. The molecule has 1 aromatic rings. The monoisotopic (exact) mass is 407 g/mol. The van der Waals surface area contributed by atoms with Gasteiger partial charge in [-0.05, 0) is 12.8 Å². The van der Waals surface area contributed by atoms with Gasteiger partial charge in [-0.2, -0.15) is 0 Å². The van der Waals surface area contributed by atoms with E-state index in [4.69, 9.17) is 23.7 Å². The van der Waals surface area contributed by atoms with E-state index >= 15 is 0 Å². The Kier molecular flexibility index (Phi) is 6.67. The van der Waals surface area contributed by atoms with Crippen molar-refractivity contribution in [2.45, 2.75) is 75.1 Å². The fraction of sp³-hybridized carbons (Fsp3) is 0.667. The lowest BCUT2D eigenvalue weighted by Crippen LogP contribution is -2.63. The maximum Gasteiger partial charge on any atom is 0.407 e. The molecule has 160 valence electrons. The van der Waals surface area contributed by atoms with Crippen molar-refractivity contribution in [1.29, 1.82) is 0 Å². The van der Waals surface area contributed by atoms with Crippen LogP contribution in [0.4, 0.5) is 4.79 Å². The van der Waals surface area contributed by atoms with Gasteiger partial charge in [0.15, 0.2) is 18.7 Å². The van der Waals surface area contributed by atoms with Crippen molar-refractivity contribution >= 4 is 6.09 Å². The lowest BCUT2D eigenvalue weighted by atomic mass is 9.96. The Morgan fingerprint density at radius 1 is 1.14 bits per heavy atom. The first-order valence-corrected chi connectivity index (χ1v) is 10.3. The second kappa shape index (κ2) is 9.40. The highest BCUT2D eigenvalue weighted by Gasteiger charge is 2.51. The molecular formula is C21H29NO7. The summed E-state index contributed by atoms with van der Waals surface area (Å²) in [7, 11) is 1.45. The Morgan fingerprint density at radius 3 is 2.62 bits per heavy atom. The number of alkyl carbamates (subject to hydrolysis) is 1. The van der Waals surface area contributed by atoms with Crippen LogP contribution in [-0.2, 0) is 23.7 Å². The molecule has 0 aromatic heterocycles. The first-order chi connectivity index (χ1) is 14.2. The summed E-state index contributed by atoms with van der Waals surface area (Å²) in [6.45, 7) is 0.238. The topological polar surface area (TPSA) is 95.5 Å². The molecule has 1 unspecified atom stereocenters. The maximum absolute atomic E-state index is 12.4. The van der Waals surface area contributed by atoms with Crippen LogP contribution in [0.15, 0.2) is 30.3 Å². The zero-order valence-corrected chi connectivity index (χ0v) is 16.6. The van der Waals surface area contributed by atoms with E-state index in [1.165, 1.54) is 13.5 Å². The molecule has 1 aliphatic carbocycles. The van der Waals surface area contributed by atoms with Gasteiger partial charge in [0.25, 0.3) is 0 Å². The van der Waals surface area contributed by atoms with Gasteiger partial charge in [0, 0.05) is 18.7 Å². The van der Waals surface area contributed by atoms with Crippen LogP contribution in [0.2, 0.25) is 0 Å². The third-order valence-electron chi connectivity index (χ3n) is 5.78. The van der Waals surface area contributed by atoms with Crippen molar-refractivity contribution in [3.63, 3.8) is 0 Å². The average Bonchev–Trinajstić information content (AvgIpc) is 2.76. The predicted octanol–water partition coefficient (Wildman–Crippen LogP) is 2.26. The minimum absolute atomic E-state index is 0.105. The smallest absolute Gasteiger partial charge is 0.407 e. The lowest BCUT2D eigenvalue weighted by molar-refractivity contribution is -0.357. The van der Waals surface area contributed by atoms with E-state index in [1.54, 1.807) is 0 Å². The van der Waals surface area contributed by atoms with Crippen LogP contribution in [0.25, 0.3) is 0 Å². The molecule has 0 radical (unpaired) electrons. The standard InChI is InChI=1S/C21H29NO7/c1-25-20-18(29-21(24)22-14-10-6-3-7-11-14)16(23)17-15(27-20)12-26-19(28-17)13-8-4-2-5-9-13/h2,4-5,8-9,14-20,23H,3,6-7,10-12H2,1H3,(H,22,24)/t15-,16+,17-,18-,19?,20+/m1/s1. The molecule has 0 spiro atoms. The molecule has 1 amide bonds. The van der Waals surface area contributed by atoms with Gasteiger partial charge in [0.05, 0.1) is 6.61 Å². The first-order valence-electron chi connectivity index (χ1n) is 10.3. The predicted molar refractivity (Wildman–Crippen MR) is 102 cm³/mol. The van der Waals surface area contributed by atoms with Gasteiger partial charge < -0.3 is 34.1 Å². The molecule has 2 N–H and O–H groups in total. The number of ether oxygens (including phenoxy) is 5. The van der Waals surface area contributed by atoms with Gasteiger partial charge in [-0.3, -0.25) is 0 Å². The highest BCUT2D eigenvalue weighted by Crippen LogP contribution is 2.35. The van der Waals surface area contributed by atoms with Crippen LogP contribution < -0.4 is 5.32 Å². The molecule has 3 fully saturated rings. The van der Waals surface area contributed by atoms with Crippen LogP contribution in [0.3, 0.4) is 0 Å². The molecule has 0 bridgehead atoms. The number of carbonyl (C=O) groups excluding carboxylic acids is 1. The van der Waals surface area contributed by atoms with Crippen LogP contribution in [0.5, 0.6) is 0 Å². The summed E-state index contributed by atoms with van der Waals surface area (Å²) < 4.78 is 28.5. The summed E-state index contributed by atoms with van der Waals surface area (Å²) in [5, 5.41) is 13.8. The summed E-state index contributed by atoms with van der Waals surface area (Å²) in [4.78, 5) is 12.4. The van der Waals surface area contributed by atoms with E-state index < -0.39 is 43.1 Å². The van der Waals surface area contributed by atoms with Crippen molar-refractivity contribution in [2.24, 2.45) is 0 Å². The molecule has 8 heteroatoms. The molecule has 8 nitrogen and oxygen atoms in total. The van der Waals surface area contributed by atoms with E-state index in [-0.39, 0.29) is 12.6 Å². The number of aliphatic hydroxyl groups is 1. The van der Waals surface area contributed by atoms with Crippen molar-refractivity contribution in [3.8, 4) is 0 Å². The van der Waals surface area contributed by atoms with E-state index in [2.05, 4.69) is 5.32 Å². The van der Waals surface area contributed by atoms with E-state index in [0.29, 0.717) is 0 Å². The van der Waals surface area contributed by atoms with Gasteiger partial charge in [-0.15, -0.1) is 0 Å². The average molecular weight is 407 g/mol. The van der Waals surface area contributed by atoms with E-state index in [0.717, 1.165) is 31.2 Å². The SMILES string of the molecule is CO[C@H]1O[C@@H]2COC(c3ccccc3)O[C@H]2[C@H](O)[C@H]1OC(=O)NC1CCCCC1. The molecule has 2 aliphatic heterocycles. The highest BCUT2D eigenvalue weighted by atomic mass is 16.8. The van der Waals surface area contributed by atoms with Gasteiger partial charge in [-0.1, -0.05) is 49.6 Å². The van der Waals surface area contributed by atoms with Crippen LogP contribution in [0, 0.1) is 0 Å². The van der Waals surface area contributed by atoms with E-state index in [9.17, 15) is 9.90 Å². The quantitative estimate of drug-likeness (QED) is 0.790. The number of rotatable bonds is 4. The fourth-order valence-corrected chi connectivity index (χ4v) is 4.23. The number of carbonyl (C=O) groups is 1. The fourth-order valence-electron chi connectivity index (χ4n) is 4.23. The van der Waals surface area contributed by atoms with Gasteiger partial charge >= 0.3 is 6.09 Å². The summed E-state index contributed by atoms with van der Waals surface area (Å²) >= 11 is 0. The largest absolute Gasteiger partial charge is 0.438 e. The first kappa shape index (κ1) is 20.6. The number of nitrogens with one attached hydrogen (secondary N) is 1. The van der Waals surface area contributed by atoms with Gasteiger partial charge in [0.1, 0.15) is 18.3 Å². The third-order valence-corrected chi connectivity index (χ3v) is 5.78. The van der Waals surface area contributed by atoms with Crippen LogP contribution in [0.1, 0.15) is 44.0 Å². The highest BCUT2D eigenvalue weighted by molar-refractivity contribution is 5.68. The van der Waals surface area contributed by atoms with Crippen molar-refractivity contribution in [3.05, 3.63) is 35.9 Å². The molecule has 3 aliphatic rings. The Labute approximate surface area is 170 Å². The zero-order chi connectivity index (χ0) is 20.2. The Bertz CT molecular complexity index is 666. The number of fused-ring (bicyclic) bond motifs is 1. The van der Waals surface area contributed by atoms with Crippen molar-refractivity contribution < 1.29 is 33.6 Å². The van der Waals surface area contributed by atoms with Gasteiger partial charge in [-0.25, -0.2) is 4.79 Å². The molecule has 1 saturated carbocycles. The molecule has 2 saturated heterocycles. The van der Waals surface area contributed by atoms with Crippen molar-refractivity contribution in [1.82, 2.24) is 5.32 Å². The summed E-state index contributed by atoms with van der Waals surface area (Å²) in [5.41, 5.74) is 0.847. The Morgan fingerprint density at radius 2 is 1.90 bits per heavy atom. The normalized spacial score (nSPS) is 35.5. The molecule has 2 heterocycles. The third kappa shape index (κ3) is 4.73. The second-order valence-corrected chi connectivity index (χ2v) is 7.80. The summed E-state index contributed by atoms with van der Waals surface area (Å²) in [5.74, 6) is 0. The van der Waals surface area contributed by atoms with E-state index in [1.807, 2.05) is 30.3 Å². The number of hydrogen-bond donors (Lipinski definition) is 2. The number of aliphatic hydroxyl groups excluding tert-OH is 1. The molecule has 29 heavy (non-hydrogen) atoms. The Hall–Kier alpha value is -1.71. The van der Waals surface area contributed by atoms with Crippen LogP contribution in [-0.4, -0.2) is 61.7 Å². The minimum atomic E-state index is -1.11. The molecule has 6 atom stereocenters. The number of benzene rings is 1. The van der Waals surface area contributed by atoms with Crippen molar-refractivity contribution in [2.75, 3.05) is 13.7 Å². The molecule has 1 aromatic carbocycles. The second-order valence-electron chi connectivity index (χ2n) is 7.80.